The molecule has 0 heterocycles. The van der Waals surface area contributed by atoms with Crippen LogP contribution in [0.5, 0.6) is 0 Å². The van der Waals surface area contributed by atoms with Crippen LogP contribution in [0.15, 0.2) is 22.7 Å². The second-order valence-corrected chi connectivity index (χ2v) is 5.77. The molecule has 0 saturated carbocycles. The highest BCUT2D eigenvalue weighted by Gasteiger charge is 2.29. The standard InChI is InChI=1S/C14H18BrFN4O3/c1-2-3-11(13(18)22)20(7-12(17)21)14(23)19-10-5-4-8(15)6-9(10)16/h4-6,11H,2-3,7H2,1H3,(H2,17,21)(H2,18,22)(H,19,23)/t11-/m0/s1. The number of amides is 4. The van der Waals surface area contributed by atoms with Crippen LogP contribution >= 0.6 is 15.9 Å². The number of hydrogen-bond donors (Lipinski definition) is 3. The summed E-state index contributed by atoms with van der Waals surface area (Å²) in [5, 5.41) is 2.31. The van der Waals surface area contributed by atoms with Gasteiger partial charge < -0.3 is 21.7 Å². The molecule has 1 rings (SSSR count). The van der Waals surface area contributed by atoms with Gasteiger partial charge in [-0.15, -0.1) is 0 Å². The van der Waals surface area contributed by atoms with Crippen LogP contribution in [0.1, 0.15) is 19.8 Å². The Hall–Kier alpha value is -2.16. The predicted molar refractivity (Wildman–Crippen MR) is 86.9 cm³/mol. The zero-order valence-electron chi connectivity index (χ0n) is 12.5. The van der Waals surface area contributed by atoms with Gasteiger partial charge in [0.05, 0.1) is 5.69 Å². The topological polar surface area (TPSA) is 119 Å². The predicted octanol–water partition coefficient (Wildman–Crippen LogP) is 1.56. The van der Waals surface area contributed by atoms with Crippen molar-refractivity contribution in [2.45, 2.75) is 25.8 Å². The van der Waals surface area contributed by atoms with E-state index in [0.717, 1.165) is 4.90 Å². The molecular formula is C14H18BrFN4O3. The molecule has 0 aliphatic heterocycles. The Labute approximate surface area is 141 Å². The van der Waals surface area contributed by atoms with Gasteiger partial charge in [0.1, 0.15) is 18.4 Å². The summed E-state index contributed by atoms with van der Waals surface area (Å²) in [7, 11) is 0. The van der Waals surface area contributed by atoms with E-state index in [1.165, 1.54) is 18.2 Å². The van der Waals surface area contributed by atoms with E-state index in [1.807, 2.05) is 0 Å². The van der Waals surface area contributed by atoms with E-state index in [1.54, 1.807) is 6.92 Å². The average molecular weight is 389 g/mol. The van der Waals surface area contributed by atoms with Gasteiger partial charge in [0.15, 0.2) is 0 Å². The highest BCUT2D eigenvalue weighted by atomic mass is 79.9. The third-order valence-electron chi connectivity index (χ3n) is 3.03. The van der Waals surface area contributed by atoms with Crippen LogP contribution in [0.3, 0.4) is 0 Å². The molecule has 4 amide bonds. The van der Waals surface area contributed by atoms with Crippen LogP contribution in [0.2, 0.25) is 0 Å². The van der Waals surface area contributed by atoms with E-state index in [4.69, 9.17) is 11.5 Å². The maximum atomic E-state index is 13.8. The number of nitrogens with one attached hydrogen (secondary N) is 1. The Bertz CT molecular complexity index is 612. The number of urea groups is 1. The molecule has 0 unspecified atom stereocenters. The lowest BCUT2D eigenvalue weighted by molar-refractivity contribution is -0.124. The van der Waals surface area contributed by atoms with Gasteiger partial charge in [-0.2, -0.15) is 0 Å². The van der Waals surface area contributed by atoms with Gasteiger partial charge >= 0.3 is 6.03 Å². The molecule has 0 saturated heterocycles. The number of rotatable bonds is 7. The summed E-state index contributed by atoms with van der Waals surface area (Å²) in [6.07, 6.45) is 0.821. The van der Waals surface area contributed by atoms with Gasteiger partial charge in [-0.3, -0.25) is 9.59 Å². The summed E-state index contributed by atoms with van der Waals surface area (Å²) in [6.45, 7) is 1.29. The minimum absolute atomic E-state index is 0.0904. The minimum Gasteiger partial charge on any atom is -0.368 e. The van der Waals surface area contributed by atoms with E-state index in [-0.39, 0.29) is 12.1 Å². The van der Waals surface area contributed by atoms with E-state index < -0.39 is 36.2 Å². The summed E-state index contributed by atoms with van der Waals surface area (Å²) < 4.78 is 14.3. The van der Waals surface area contributed by atoms with Gasteiger partial charge in [0, 0.05) is 4.47 Å². The third kappa shape index (κ3) is 5.51. The van der Waals surface area contributed by atoms with Gasteiger partial charge in [0.25, 0.3) is 0 Å². The fourth-order valence-electron chi connectivity index (χ4n) is 1.99. The molecule has 1 aromatic carbocycles. The third-order valence-corrected chi connectivity index (χ3v) is 3.52. The fraction of sp³-hybridized carbons (Fsp3) is 0.357. The number of hydrogen-bond acceptors (Lipinski definition) is 3. The van der Waals surface area contributed by atoms with Crippen LogP contribution in [0, 0.1) is 5.82 Å². The summed E-state index contributed by atoms with van der Waals surface area (Å²) in [6, 6.07) is 2.22. The van der Waals surface area contributed by atoms with Gasteiger partial charge in [-0.05, 0) is 24.6 Å². The van der Waals surface area contributed by atoms with Crippen molar-refractivity contribution >= 4 is 39.5 Å². The van der Waals surface area contributed by atoms with Crippen molar-refractivity contribution in [1.29, 1.82) is 0 Å². The van der Waals surface area contributed by atoms with E-state index in [0.29, 0.717) is 10.9 Å². The first-order chi connectivity index (χ1) is 10.8. The molecule has 23 heavy (non-hydrogen) atoms. The number of carbonyl (C=O) groups excluding carboxylic acids is 3. The van der Waals surface area contributed by atoms with E-state index in [9.17, 15) is 18.8 Å². The first-order valence-corrected chi connectivity index (χ1v) is 7.65. The average Bonchev–Trinajstić information content (AvgIpc) is 2.45. The zero-order valence-corrected chi connectivity index (χ0v) is 14.1. The first kappa shape index (κ1) is 18.9. The second-order valence-electron chi connectivity index (χ2n) is 4.86. The minimum atomic E-state index is -1.01. The van der Waals surface area contributed by atoms with Crippen molar-refractivity contribution < 1.29 is 18.8 Å². The molecule has 0 bridgehead atoms. The molecule has 126 valence electrons. The van der Waals surface area contributed by atoms with Crippen LogP contribution in [-0.4, -0.2) is 35.3 Å². The monoisotopic (exact) mass is 388 g/mol. The molecule has 9 heteroatoms. The summed E-state index contributed by atoms with van der Waals surface area (Å²) in [4.78, 5) is 36.0. The number of carbonyl (C=O) groups is 3. The molecule has 0 aromatic heterocycles. The lowest BCUT2D eigenvalue weighted by atomic mass is 10.1. The maximum absolute atomic E-state index is 13.8. The Morgan fingerprint density at radius 3 is 2.48 bits per heavy atom. The Kier molecular flexibility index (Phi) is 6.95. The number of benzene rings is 1. The van der Waals surface area contributed by atoms with Gasteiger partial charge in [-0.1, -0.05) is 29.3 Å². The number of nitrogens with zero attached hydrogens (tertiary/aromatic N) is 1. The van der Waals surface area contributed by atoms with Crippen molar-refractivity contribution in [2.24, 2.45) is 11.5 Å². The van der Waals surface area contributed by atoms with Crippen molar-refractivity contribution in [3.8, 4) is 0 Å². The van der Waals surface area contributed by atoms with Crippen molar-refractivity contribution in [2.75, 3.05) is 11.9 Å². The zero-order chi connectivity index (χ0) is 17.6. The number of nitrogens with two attached hydrogens (primary N) is 2. The maximum Gasteiger partial charge on any atom is 0.323 e. The first-order valence-electron chi connectivity index (χ1n) is 6.86. The van der Waals surface area contributed by atoms with Crippen molar-refractivity contribution in [3.05, 3.63) is 28.5 Å². The lowest BCUT2D eigenvalue weighted by Crippen LogP contribution is -2.52. The van der Waals surface area contributed by atoms with Gasteiger partial charge in [0.2, 0.25) is 11.8 Å². The van der Waals surface area contributed by atoms with Crippen molar-refractivity contribution in [3.63, 3.8) is 0 Å². The molecule has 0 spiro atoms. The largest absolute Gasteiger partial charge is 0.368 e. The Morgan fingerprint density at radius 2 is 2.00 bits per heavy atom. The number of primary amides is 2. The highest BCUT2D eigenvalue weighted by molar-refractivity contribution is 9.10. The molecule has 0 radical (unpaired) electrons. The molecule has 0 aliphatic carbocycles. The molecule has 1 atom stereocenters. The van der Waals surface area contributed by atoms with Crippen LogP contribution in [0.4, 0.5) is 14.9 Å². The lowest BCUT2D eigenvalue weighted by Gasteiger charge is -2.28. The Balaban J connectivity index is 3.03. The summed E-state index contributed by atoms with van der Waals surface area (Å²) >= 11 is 3.10. The van der Waals surface area contributed by atoms with E-state index in [2.05, 4.69) is 21.2 Å². The summed E-state index contributed by atoms with van der Waals surface area (Å²) in [5.41, 5.74) is 10.3. The van der Waals surface area contributed by atoms with Crippen LogP contribution < -0.4 is 16.8 Å². The normalized spacial score (nSPS) is 11.6. The van der Waals surface area contributed by atoms with Crippen molar-refractivity contribution in [1.82, 2.24) is 4.90 Å². The molecule has 0 fully saturated rings. The fourth-order valence-corrected chi connectivity index (χ4v) is 2.33. The second kappa shape index (κ2) is 8.47. The SMILES string of the molecule is CCC[C@@H](C(N)=O)N(CC(N)=O)C(=O)Nc1ccc(Br)cc1F. The molecule has 7 nitrogen and oxygen atoms in total. The molecular weight excluding hydrogens is 371 g/mol. The van der Waals surface area contributed by atoms with Crippen LogP contribution in [0.25, 0.3) is 0 Å². The number of anilines is 1. The Morgan fingerprint density at radius 1 is 1.35 bits per heavy atom. The van der Waals surface area contributed by atoms with Crippen LogP contribution in [-0.2, 0) is 9.59 Å². The van der Waals surface area contributed by atoms with E-state index >= 15 is 0 Å². The molecule has 1 aromatic rings. The van der Waals surface area contributed by atoms with Gasteiger partial charge in [-0.25, -0.2) is 9.18 Å². The molecule has 5 N–H and O–H groups in total. The summed E-state index contributed by atoms with van der Waals surface area (Å²) in [5.74, 6) is -2.24. The smallest absolute Gasteiger partial charge is 0.323 e. The quantitative estimate of drug-likeness (QED) is 0.657. The number of halogens is 2. The highest BCUT2D eigenvalue weighted by Crippen LogP contribution is 2.20. The molecule has 0 aliphatic rings.